The highest BCUT2D eigenvalue weighted by Gasteiger charge is 2.46. The Kier molecular flexibility index (Phi) is 2.85. The van der Waals surface area contributed by atoms with Gasteiger partial charge in [-0.05, 0) is 24.8 Å². The van der Waals surface area contributed by atoms with E-state index in [9.17, 15) is 4.79 Å². The summed E-state index contributed by atoms with van der Waals surface area (Å²) in [7, 11) is 0. The Balaban J connectivity index is 1.50. The molecule has 3 heteroatoms. The van der Waals surface area contributed by atoms with E-state index in [-0.39, 0.29) is 11.9 Å². The van der Waals surface area contributed by atoms with E-state index in [2.05, 4.69) is 0 Å². The van der Waals surface area contributed by atoms with Crippen molar-refractivity contribution < 1.29 is 14.3 Å². The van der Waals surface area contributed by atoms with Crippen molar-refractivity contribution in [1.82, 2.24) is 0 Å². The van der Waals surface area contributed by atoms with E-state index >= 15 is 0 Å². The number of hydrogen-bond acceptors (Lipinski definition) is 3. The Hall–Kier alpha value is -1.35. The molecule has 1 saturated carbocycles. The zero-order valence-corrected chi connectivity index (χ0v) is 9.67. The SMILES string of the molecule is O=C(OCc1ccccc1)[C@@H]1CC[C@H]2O[C@H]2C1. The van der Waals surface area contributed by atoms with Crippen molar-refractivity contribution in [2.75, 3.05) is 0 Å². The molecule has 90 valence electrons. The molecule has 1 aliphatic carbocycles. The van der Waals surface area contributed by atoms with Crippen LogP contribution >= 0.6 is 0 Å². The monoisotopic (exact) mass is 232 g/mol. The number of epoxide rings is 1. The summed E-state index contributed by atoms with van der Waals surface area (Å²) in [6.07, 6.45) is 3.54. The van der Waals surface area contributed by atoms with E-state index in [0.29, 0.717) is 18.8 Å². The summed E-state index contributed by atoms with van der Waals surface area (Å²) < 4.78 is 10.8. The van der Waals surface area contributed by atoms with Gasteiger partial charge in [-0.15, -0.1) is 0 Å². The second-order valence-corrected chi connectivity index (χ2v) is 4.82. The maximum absolute atomic E-state index is 11.9. The van der Waals surface area contributed by atoms with Crippen LogP contribution in [0.25, 0.3) is 0 Å². The first-order valence-electron chi connectivity index (χ1n) is 6.19. The lowest BCUT2D eigenvalue weighted by Crippen LogP contribution is -2.23. The quantitative estimate of drug-likeness (QED) is 0.593. The van der Waals surface area contributed by atoms with Crippen LogP contribution in [0.4, 0.5) is 0 Å². The van der Waals surface area contributed by atoms with Crippen molar-refractivity contribution in [3.63, 3.8) is 0 Å². The molecule has 2 aliphatic rings. The predicted molar refractivity (Wildman–Crippen MR) is 62.2 cm³/mol. The van der Waals surface area contributed by atoms with E-state index in [1.54, 1.807) is 0 Å². The number of benzene rings is 1. The van der Waals surface area contributed by atoms with Crippen molar-refractivity contribution in [2.24, 2.45) is 5.92 Å². The van der Waals surface area contributed by atoms with Crippen molar-refractivity contribution in [3.8, 4) is 0 Å². The first-order valence-corrected chi connectivity index (χ1v) is 6.19. The molecule has 3 rings (SSSR count). The average Bonchev–Trinajstić information content (AvgIpc) is 3.15. The first kappa shape index (κ1) is 10.8. The standard InChI is InChI=1S/C14H16O3/c15-14(11-6-7-12-13(8-11)17-12)16-9-10-4-2-1-3-5-10/h1-5,11-13H,6-9H2/t11-,12-,13+/m1/s1. The van der Waals surface area contributed by atoms with Crippen LogP contribution in [-0.2, 0) is 20.9 Å². The molecule has 0 unspecified atom stereocenters. The molecule has 0 radical (unpaired) electrons. The molecule has 0 aromatic heterocycles. The summed E-state index contributed by atoms with van der Waals surface area (Å²) in [5.74, 6) is -0.0229. The van der Waals surface area contributed by atoms with Crippen LogP contribution in [0.3, 0.4) is 0 Å². The van der Waals surface area contributed by atoms with Crippen molar-refractivity contribution in [1.29, 1.82) is 0 Å². The van der Waals surface area contributed by atoms with Gasteiger partial charge in [-0.1, -0.05) is 30.3 Å². The minimum absolute atomic E-state index is 0.0439. The van der Waals surface area contributed by atoms with Gasteiger partial charge in [-0.25, -0.2) is 0 Å². The lowest BCUT2D eigenvalue weighted by Gasteiger charge is -2.17. The van der Waals surface area contributed by atoms with Gasteiger partial charge in [0.25, 0.3) is 0 Å². The normalized spacial score (nSPS) is 30.5. The topological polar surface area (TPSA) is 38.8 Å². The Morgan fingerprint density at radius 1 is 1.24 bits per heavy atom. The fourth-order valence-corrected chi connectivity index (χ4v) is 2.46. The van der Waals surface area contributed by atoms with E-state index in [0.717, 1.165) is 24.8 Å². The Bertz CT molecular complexity index is 401. The molecule has 1 heterocycles. The Morgan fingerprint density at radius 2 is 2.06 bits per heavy atom. The third-order valence-electron chi connectivity index (χ3n) is 3.56. The van der Waals surface area contributed by atoms with Crippen molar-refractivity contribution >= 4 is 5.97 Å². The van der Waals surface area contributed by atoms with Gasteiger partial charge >= 0.3 is 5.97 Å². The lowest BCUT2D eigenvalue weighted by molar-refractivity contribution is -0.150. The van der Waals surface area contributed by atoms with Gasteiger partial charge in [0.05, 0.1) is 18.1 Å². The van der Waals surface area contributed by atoms with Gasteiger partial charge < -0.3 is 9.47 Å². The predicted octanol–water partition coefficient (Wildman–Crippen LogP) is 2.30. The number of ether oxygens (including phenoxy) is 2. The molecule has 3 atom stereocenters. The van der Waals surface area contributed by atoms with Gasteiger partial charge in [0.2, 0.25) is 0 Å². The number of fused-ring (bicyclic) bond motifs is 1. The average molecular weight is 232 g/mol. The molecule has 2 fully saturated rings. The van der Waals surface area contributed by atoms with Gasteiger partial charge in [-0.3, -0.25) is 4.79 Å². The van der Waals surface area contributed by atoms with Gasteiger partial charge in [0.1, 0.15) is 6.61 Å². The summed E-state index contributed by atoms with van der Waals surface area (Å²) in [5, 5.41) is 0. The fourth-order valence-electron chi connectivity index (χ4n) is 2.46. The number of rotatable bonds is 3. The second kappa shape index (κ2) is 4.49. The van der Waals surface area contributed by atoms with Crippen LogP contribution in [0.15, 0.2) is 30.3 Å². The highest BCUT2D eigenvalue weighted by molar-refractivity contribution is 5.72. The third-order valence-corrected chi connectivity index (χ3v) is 3.56. The molecule has 1 aromatic carbocycles. The van der Waals surface area contributed by atoms with Crippen LogP contribution < -0.4 is 0 Å². The zero-order valence-electron chi connectivity index (χ0n) is 9.67. The zero-order chi connectivity index (χ0) is 11.7. The molecule has 1 aromatic rings. The smallest absolute Gasteiger partial charge is 0.309 e. The van der Waals surface area contributed by atoms with E-state index < -0.39 is 0 Å². The van der Waals surface area contributed by atoms with E-state index in [4.69, 9.17) is 9.47 Å². The molecule has 1 saturated heterocycles. The van der Waals surface area contributed by atoms with Gasteiger partial charge in [0.15, 0.2) is 0 Å². The van der Waals surface area contributed by atoms with E-state index in [1.165, 1.54) is 0 Å². The first-order chi connectivity index (χ1) is 8.33. The molecule has 0 spiro atoms. The molecule has 0 bridgehead atoms. The minimum atomic E-state index is -0.0668. The number of hydrogen-bond donors (Lipinski definition) is 0. The molecule has 3 nitrogen and oxygen atoms in total. The lowest BCUT2D eigenvalue weighted by atomic mass is 9.89. The van der Waals surface area contributed by atoms with E-state index in [1.807, 2.05) is 30.3 Å². The van der Waals surface area contributed by atoms with Crippen LogP contribution in [-0.4, -0.2) is 18.2 Å². The maximum atomic E-state index is 11.9. The Morgan fingerprint density at radius 3 is 2.82 bits per heavy atom. The Labute approximate surface area is 101 Å². The molecule has 17 heavy (non-hydrogen) atoms. The van der Waals surface area contributed by atoms with Crippen LogP contribution in [0, 0.1) is 5.92 Å². The highest BCUT2D eigenvalue weighted by Crippen LogP contribution is 2.39. The van der Waals surface area contributed by atoms with Crippen molar-refractivity contribution in [2.45, 2.75) is 38.1 Å². The minimum Gasteiger partial charge on any atom is -0.461 e. The maximum Gasteiger partial charge on any atom is 0.309 e. The molecule has 1 aliphatic heterocycles. The largest absolute Gasteiger partial charge is 0.461 e. The number of carbonyl (C=O) groups excluding carboxylic acids is 1. The highest BCUT2D eigenvalue weighted by atomic mass is 16.6. The van der Waals surface area contributed by atoms with Crippen LogP contribution in [0.5, 0.6) is 0 Å². The van der Waals surface area contributed by atoms with Gasteiger partial charge in [0, 0.05) is 0 Å². The van der Waals surface area contributed by atoms with Crippen LogP contribution in [0.2, 0.25) is 0 Å². The molecule has 0 amide bonds. The fraction of sp³-hybridized carbons (Fsp3) is 0.500. The summed E-state index contributed by atoms with van der Waals surface area (Å²) in [5.41, 5.74) is 1.04. The number of esters is 1. The second-order valence-electron chi connectivity index (χ2n) is 4.82. The third kappa shape index (κ3) is 2.50. The number of carbonyl (C=O) groups is 1. The van der Waals surface area contributed by atoms with Crippen LogP contribution in [0.1, 0.15) is 24.8 Å². The summed E-state index contributed by atoms with van der Waals surface area (Å²) >= 11 is 0. The molecular weight excluding hydrogens is 216 g/mol. The summed E-state index contributed by atoms with van der Waals surface area (Å²) in [6.45, 7) is 0.380. The molecular formula is C14H16O3. The summed E-state index contributed by atoms with van der Waals surface area (Å²) in [6, 6.07) is 9.79. The van der Waals surface area contributed by atoms with Gasteiger partial charge in [-0.2, -0.15) is 0 Å². The van der Waals surface area contributed by atoms with Crippen molar-refractivity contribution in [3.05, 3.63) is 35.9 Å². The molecule has 0 N–H and O–H groups in total. The summed E-state index contributed by atoms with van der Waals surface area (Å²) in [4.78, 5) is 11.9.